The second-order valence-corrected chi connectivity index (χ2v) is 15.0. The number of aromatic nitrogens is 4. The number of nitriles is 1. The number of benzene rings is 8. The van der Waals surface area contributed by atoms with Crippen LogP contribution < -0.4 is 0 Å². The molecule has 0 fully saturated rings. The van der Waals surface area contributed by atoms with Gasteiger partial charge in [-0.25, -0.2) is 15.0 Å². The van der Waals surface area contributed by atoms with Gasteiger partial charge in [0.2, 0.25) is 0 Å². The molecule has 0 bridgehead atoms. The molecule has 0 aliphatic heterocycles. The van der Waals surface area contributed by atoms with Crippen LogP contribution in [0.1, 0.15) is 12.4 Å². The lowest BCUT2D eigenvalue weighted by molar-refractivity contribution is 1.07. The predicted molar refractivity (Wildman–Crippen MR) is 239 cm³/mol. The Hall–Kier alpha value is -7.72. The average molecular weight is 763 g/mol. The minimum atomic E-state index is -0.495. The summed E-state index contributed by atoms with van der Waals surface area (Å²) in [4.78, 5) is 15.0. The van der Waals surface area contributed by atoms with Crippen molar-refractivity contribution in [2.24, 2.45) is 0 Å². The maximum absolute atomic E-state index is 10.1. The van der Waals surface area contributed by atoms with Crippen LogP contribution in [-0.2, 0) is 0 Å². The maximum atomic E-state index is 10.1. The van der Waals surface area contributed by atoms with Crippen molar-refractivity contribution in [3.05, 3.63) is 194 Å². The highest BCUT2D eigenvalue weighted by molar-refractivity contribution is 7.26. The van der Waals surface area contributed by atoms with Crippen molar-refractivity contribution < 1.29 is 6.85 Å². The summed E-state index contributed by atoms with van der Waals surface area (Å²) in [5.74, 6) is 0.553. The van der Waals surface area contributed by atoms with Crippen LogP contribution in [0.15, 0.2) is 188 Å². The van der Waals surface area contributed by atoms with E-state index in [4.69, 9.17) is 21.8 Å². The third kappa shape index (κ3) is 5.56. The highest BCUT2D eigenvalue weighted by Crippen LogP contribution is 2.46. The Morgan fingerprint density at radius 1 is 0.466 bits per heavy atom. The van der Waals surface area contributed by atoms with Crippen molar-refractivity contribution in [1.29, 1.82) is 5.26 Å². The number of fused-ring (bicyclic) bond motifs is 6. The van der Waals surface area contributed by atoms with Crippen LogP contribution in [0.2, 0.25) is 0 Å². The van der Waals surface area contributed by atoms with Gasteiger partial charge in [0.05, 0.1) is 29.5 Å². The van der Waals surface area contributed by atoms with E-state index >= 15 is 0 Å². The first-order valence-electron chi connectivity index (χ1n) is 21.3. The SMILES string of the molecule is [2H]c1c([2H])c([2H])c(-c2nc(-c3ccccc3)nc(-c3cc(-n4c5ccccc5c5ccc(-c6ccccc6C#N)cc54)cc4c3sc3c(-c5ccccc5)cccc34)n2)c([2H])c1[2H]. The number of para-hydroxylation sites is 1. The number of nitrogens with zero attached hydrogens (tertiary/aromatic N) is 5. The third-order valence-electron chi connectivity index (χ3n) is 10.6. The van der Waals surface area contributed by atoms with Gasteiger partial charge >= 0.3 is 0 Å². The fourth-order valence-electron chi connectivity index (χ4n) is 7.96. The monoisotopic (exact) mass is 762 g/mol. The number of rotatable bonds is 6. The van der Waals surface area contributed by atoms with Crippen molar-refractivity contribution in [2.45, 2.75) is 0 Å². The molecule has 3 heterocycles. The van der Waals surface area contributed by atoms with Crippen LogP contribution in [0.5, 0.6) is 0 Å². The van der Waals surface area contributed by atoms with Gasteiger partial charge in [0.1, 0.15) is 0 Å². The van der Waals surface area contributed by atoms with E-state index < -0.39 is 30.2 Å². The van der Waals surface area contributed by atoms with E-state index in [0.717, 1.165) is 69.9 Å². The zero-order valence-electron chi connectivity index (χ0n) is 35.7. The molecule has 11 rings (SSSR count). The summed E-state index contributed by atoms with van der Waals surface area (Å²) in [6.45, 7) is 0. The standard InChI is InChI=1S/C52H31N5S/c53-32-37-21-10-11-22-39(37)36-27-28-42-41-23-12-13-26-46(41)57(47(42)29-36)38-30-44-43-25-14-24-40(33-15-4-1-5-16-33)48(43)58-49(44)45(31-38)52-55-50(34-17-6-2-7-18-34)54-51(56-52)35-19-8-3-9-20-35/h1-31H/i2D,6D,7D,17D,18D. The molecule has 0 N–H and O–H groups in total. The molecule has 0 aliphatic carbocycles. The van der Waals surface area contributed by atoms with Gasteiger partial charge in [0.25, 0.3) is 0 Å². The van der Waals surface area contributed by atoms with Gasteiger partial charge in [-0.3, -0.25) is 0 Å². The average Bonchev–Trinajstić information content (AvgIpc) is 3.88. The van der Waals surface area contributed by atoms with E-state index in [-0.39, 0.29) is 17.2 Å². The molecule has 11 aromatic rings. The summed E-state index contributed by atoms with van der Waals surface area (Å²) in [7, 11) is 0. The fraction of sp³-hybridized carbons (Fsp3) is 0. The molecule has 0 atom stereocenters. The Morgan fingerprint density at radius 2 is 1.10 bits per heavy atom. The van der Waals surface area contributed by atoms with Crippen LogP contribution in [0.4, 0.5) is 0 Å². The molecule has 0 aliphatic rings. The van der Waals surface area contributed by atoms with Gasteiger partial charge in [0.15, 0.2) is 17.5 Å². The summed E-state index contributed by atoms with van der Waals surface area (Å²) in [5, 5.41) is 14.2. The Balaban J connectivity index is 1.27. The lowest BCUT2D eigenvalue weighted by Crippen LogP contribution is -2.01. The van der Waals surface area contributed by atoms with Crippen LogP contribution >= 0.6 is 11.3 Å². The quantitative estimate of drug-likeness (QED) is 0.169. The van der Waals surface area contributed by atoms with Crippen LogP contribution in [0.3, 0.4) is 0 Å². The largest absolute Gasteiger partial charge is 0.309 e. The van der Waals surface area contributed by atoms with Gasteiger partial charge in [-0.1, -0.05) is 158 Å². The van der Waals surface area contributed by atoms with Crippen molar-refractivity contribution >= 4 is 53.3 Å². The van der Waals surface area contributed by atoms with Crippen LogP contribution in [0.25, 0.3) is 104 Å². The molecule has 0 unspecified atom stereocenters. The van der Waals surface area contributed by atoms with E-state index in [9.17, 15) is 5.26 Å². The second kappa shape index (κ2) is 13.8. The smallest absolute Gasteiger partial charge is 0.165 e. The topological polar surface area (TPSA) is 67.4 Å². The highest BCUT2D eigenvalue weighted by Gasteiger charge is 2.22. The van der Waals surface area contributed by atoms with E-state index in [0.29, 0.717) is 22.5 Å². The number of hydrogen-bond acceptors (Lipinski definition) is 5. The zero-order valence-corrected chi connectivity index (χ0v) is 31.5. The molecule has 270 valence electrons. The summed E-state index contributed by atoms with van der Waals surface area (Å²) in [6.07, 6.45) is 0. The van der Waals surface area contributed by atoms with Crippen molar-refractivity contribution in [1.82, 2.24) is 19.5 Å². The van der Waals surface area contributed by atoms with Crippen molar-refractivity contribution in [3.63, 3.8) is 0 Å². The fourth-order valence-corrected chi connectivity index (χ4v) is 9.29. The molecule has 6 heteroatoms. The minimum absolute atomic E-state index is 0.0295. The van der Waals surface area contributed by atoms with E-state index in [1.54, 1.807) is 11.3 Å². The van der Waals surface area contributed by atoms with Crippen LogP contribution in [0, 0.1) is 11.3 Å². The summed E-state index contributed by atoms with van der Waals surface area (Å²) >= 11 is 1.64. The van der Waals surface area contributed by atoms with Crippen LogP contribution in [-0.4, -0.2) is 19.5 Å². The van der Waals surface area contributed by atoms with Gasteiger partial charge in [-0.2, -0.15) is 5.26 Å². The first-order valence-corrected chi connectivity index (χ1v) is 19.6. The van der Waals surface area contributed by atoms with Gasteiger partial charge in [-0.05, 0) is 52.6 Å². The molecule has 0 radical (unpaired) electrons. The van der Waals surface area contributed by atoms with E-state index in [1.165, 1.54) is 0 Å². The summed E-state index contributed by atoms with van der Waals surface area (Å²) < 4.78 is 47.4. The first kappa shape index (κ1) is 28.7. The van der Waals surface area contributed by atoms with Crippen molar-refractivity contribution in [3.8, 4) is 68.2 Å². The molecule has 3 aromatic heterocycles. The lowest BCUT2D eigenvalue weighted by atomic mass is 9.99. The Labute approximate surface area is 345 Å². The summed E-state index contributed by atoms with van der Waals surface area (Å²) in [5.41, 5.74) is 8.52. The molecule has 58 heavy (non-hydrogen) atoms. The predicted octanol–water partition coefficient (Wildman–Crippen LogP) is 13.5. The normalized spacial score (nSPS) is 12.6. The second-order valence-electron chi connectivity index (χ2n) is 13.9. The molecular weight excluding hydrogens is 727 g/mol. The molecule has 5 nitrogen and oxygen atoms in total. The molecule has 0 amide bonds. The molecule has 0 spiro atoms. The zero-order chi connectivity index (χ0) is 42.9. The minimum Gasteiger partial charge on any atom is -0.309 e. The summed E-state index contributed by atoms with van der Waals surface area (Å²) in [6, 6.07) is 52.7. The number of hydrogen-bond donors (Lipinski definition) is 0. The van der Waals surface area contributed by atoms with Gasteiger partial charge < -0.3 is 4.57 Å². The number of thiophene rings is 1. The van der Waals surface area contributed by atoms with E-state index in [1.807, 2.05) is 84.9 Å². The first-order chi connectivity index (χ1) is 30.8. The Morgan fingerprint density at radius 3 is 1.91 bits per heavy atom. The molecular formula is C52H31N5S. The van der Waals surface area contributed by atoms with Crippen molar-refractivity contribution in [2.75, 3.05) is 0 Å². The van der Waals surface area contributed by atoms with Gasteiger partial charge in [0, 0.05) is 53.3 Å². The lowest BCUT2D eigenvalue weighted by Gasteiger charge is -2.13. The third-order valence-corrected chi connectivity index (χ3v) is 11.9. The Kier molecular flexibility index (Phi) is 6.81. The van der Waals surface area contributed by atoms with Gasteiger partial charge in [-0.15, -0.1) is 11.3 Å². The molecule has 0 saturated carbocycles. The maximum Gasteiger partial charge on any atom is 0.165 e. The Bertz CT molecular complexity index is 3680. The molecule has 8 aromatic carbocycles. The van der Waals surface area contributed by atoms with E-state index in [2.05, 4.69) is 83.4 Å². The highest BCUT2D eigenvalue weighted by atomic mass is 32.1. The molecule has 0 saturated heterocycles.